The average molecular weight is 667 g/mol. The van der Waals surface area contributed by atoms with Crippen molar-refractivity contribution >= 4 is 23.6 Å². The SMILES string of the molecule is CCN(CC)C(=O)C1CCCN(Cc2ccc(CCC(=O)NCCOC(=O)N(c3ccccc3-c3ccccc3)N3CC[CH]CC3)cc2)C1. The zero-order valence-corrected chi connectivity index (χ0v) is 29.2. The molecule has 0 bridgehead atoms. The van der Waals surface area contributed by atoms with Crippen LogP contribution in [-0.4, -0.2) is 85.1 Å². The fourth-order valence-electron chi connectivity index (χ4n) is 6.82. The number of anilines is 1. The van der Waals surface area contributed by atoms with Crippen LogP contribution < -0.4 is 10.3 Å². The largest absolute Gasteiger partial charge is 0.446 e. The number of ether oxygens (including phenoxy) is 1. The minimum Gasteiger partial charge on any atom is -0.446 e. The molecule has 1 atom stereocenters. The quantitative estimate of drug-likeness (QED) is 0.202. The molecule has 9 heteroatoms. The highest BCUT2D eigenvalue weighted by molar-refractivity contribution is 5.93. The standard InChI is InChI=1S/C40H52N5O4/c1-3-43(4-2)39(47)35-16-13-26-42(31-35)30-33-21-19-32(20-22-33)23-24-38(46)41-25-29-49-40(48)45(44-27-11-6-12-28-44)37-18-10-9-17-36(37)34-14-7-5-8-15-34/h5-10,14-15,17-22,35H,3-4,11-13,16,23-31H2,1-2H3,(H,41,46). The summed E-state index contributed by atoms with van der Waals surface area (Å²) in [6, 6.07) is 26.4. The summed E-state index contributed by atoms with van der Waals surface area (Å²) in [7, 11) is 0. The molecule has 0 saturated carbocycles. The average Bonchev–Trinajstić information content (AvgIpc) is 3.15. The van der Waals surface area contributed by atoms with E-state index in [1.807, 2.05) is 78.4 Å². The molecule has 2 heterocycles. The fourth-order valence-corrected chi connectivity index (χ4v) is 6.82. The number of rotatable bonds is 14. The number of benzene rings is 3. The Morgan fingerprint density at radius 1 is 0.857 bits per heavy atom. The van der Waals surface area contributed by atoms with Crippen molar-refractivity contribution in [3.05, 3.63) is 96.4 Å². The molecule has 3 amide bonds. The molecule has 1 N–H and O–H groups in total. The first-order valence-electron chi connectivity index (χ1n) is 18.0. The van der Waals surface area contributed by atoms with Crippen LogP contribution in [0.15, 0.2) is 78.9 Å². The van der Waals surface area contributed by atoms with Gasteiger partial charge in [0.25, 0.3) is 0 Å². The highest BCUT2D eigenvalue weighted by Gasteiger charge is 2.29. The maximum absolute atomic E-state index is 13.6. The van der Waals surface area contributed by atoms with Gasteiger partial charge in [-0.05, 0) is 81.7 Å². The van der Waals surface area contributed by atoms with E-state index >= 15 is 0 Å². The van der Waals surface area contributed by atoms with Crippen molar-refractivity contribution in [1.82, 2.24) is 20.1 Å². The molecular weight excluding hydrogens is 614 g/mol. The zero-order chi connectivity index (χ0) is 34.4. The van der Waals surface area contributed by atoms with E-state index in [2.05, 4.69) is 40.9 Å². The highest BCUT2D eigenvalue weighted by atomic mass is 16.6. The lowest BCUT2D eigenvalue weighted by molar-refractivity contribution is -0.137. The van der Waals surface area contributed by atoms with Crippen LogP contribution in [0, 0.1) is 12.3 Å². The number of nitrogens with one attached hydrogen (secondary N) is 1. The summed E-state index contributed by atoms with van der Waals surface area (Å²) in [4.78, 5) is 43.4. The number of aryl methyl sites for hydroxylation is 1. The second-order valence-corrected chi connectivity index (χ2v) is 12.9. The molecule has 3 aromatic rings. The molecular formula is C40H52N5O4. The third-order valence-corrected chi connectivity index (χ3v) is 9.51. The number of nitrogens with zero attached hydrogens (tertiary/aromatic N) is 4. The summed E-state index contributed by atoms with van der Waals surface area (Å²) in [5.74, 6) is 0.290. The van der Waals surface area contributed by atoms with Gasteiger partial charge in [-0.3, -0.25) is 14.5 Å². The minimum absolute atomic E-state index is 0.0739. The van der Waals surface area contributed by atoms with Crippen molar-refractivity contribution < 1.29 is 19.1 Å². The van der Waals surface area contributed by atoms with Gasteiger partial charge in [0.1, 0.15) is 6.61 Å². The third kappa shape index (κ3) is 10.2. The summed E-state index contributed by atoms with van der Waals surface area (Å²) >= 11 is 0. The molecule has 0 aliphatic carbocycles. The molecule has 0 aromatic heterocycles. The number of hydrogen-bond acceptors (Lipinski definition) is 6. The molecule has 2 aliphatic heterocycles. The van der Waals surface area contributed by atoms with E-state index in [-0.39, 0.29) is 30.9 Å². The Kier molecular flexibility index (Phi) is 13.6. The Hall–Kier alpha value is -4.21. The molecule has 3 aromatic carbocycles. The number of carbonyl (C=O) groups excluding carboxylic acids is 3. The molecule has 0 spiro atoms. The maximum atomic E-state index is 13.6. The number of hydrogen-bond donors (Lipinski definition) is 1. The van der Waals surface area contributed by atoms with E-state index in [0.29, 0.717) is 12.8 Å². The predicted octanol–water partition coefficient (Wildman–Crippen LogP) is 6.34. The first-order chi connectivity index (χ1) is 24.0. The van der Waals surface area contributed by atoms with E-state index in [0.717, 1.165) is 93.9 Å². The molecule has 1 unspecified atom stereocenters. The number of piperidine rings is 2. The fraction of sp³-hybridized carbons (Fsp3) is 0.450. The molecule has 2 fully saturated rings. The molecule has 1 radical (unpaired) electrons. The second-order valence-electron chi connectivity index (χ2n) is 12.9. The normalized spacial score (nSPS) is 16.9. The Balaban J connectivity index is 1.07. The van der Waals surface area contributed by atoms with Gasteiger partial charge in [-0.2, -0.15) is 0 Å². The van der Waals surface area contributed by atoms with Crippen molar-refractivity contribution in [1.29, 1.82) is 0 Å². The van der Waals surface area contributed by atoms with Crippen LogP contribution in [0.25, 0.3) is 11.1 Å². The van der Waals surface area contributed by atoms with Gasteiger partial charge in [0.15, 0.2) is 0 Å². The molecule has 2 aliphatic rings. The third-order valence-electron chi connectivity index (χ3n) is 9.51. The topological polar surface area (TPSA) is 85.4 Å². The van der Waals surface area contributed by atoms with Crippen molar-refractivity contribution in [2.75, 3.05) is 57.4 Å². The number of hydrazine groups is 1. The lowest BCUT2D eigenvalue weighted by Crippen LogP contribution is -2.50. The molecule has 5 rings (SSSR count). The van der Waals surface area contributed by atoms with Crippen LogP contribution in [0.3, 0.4) is 0 Å². The van der Waals surface area contributed by atoms with E-state index in [4.69, 9.17) is 4.74 Å². The Bertz CT molecular complexity index is 1490. The molecule has 261 valence electrons. The smallest absolute Gasteiger partial charge is 0.429 e. The van der Waals surface area contributed by atoms with Gasteiger partial charge in [0, 0.05) is 51.3 Å². The van der Waals surface area contributed by atoms with Crippen LogP contribution in [0.4, 0.5) is 10.5 Å². The van der Waals surface area contributed by atoms with Crippen molar-refractivity contribution in [2.45, 2.75) is 58.9 Å². The Morgan fingerprint density at radius 2 is 1.55 bits per heavy atom. The van der Waals surface area contributed by atoms with Gasteiger partial charge in [-0.15, -0.1) is 0 Å². The van der Waals surface area contributed by atoms with Gasteiger partial charge in [-0.1, -0.05) is 72.8 Å². The lowest BCUT2D eigenvalue weighted by atomic mass is 9.96. The Morgan fingerprint density at radius 3 is 2.29 bits per heavy atom. The van der Waals surface area contributed by atoms with E-state index in [1.165, 1.54) is 5.56 Å². The summed E-state index contributed by atoms with van der Waals surface area (Å²) in [6.07, 6.45) is 6.59. The van der Waals surface area contributed by atoms with Gasteiger partial charge in [0.05, 0.1) is 18.2 Å². The first-order valence-corrected chi connectivity index (χ1v) is 18.0. The van der Waals surface area contributed by atoms with Gasteiger partial charge < -0.3 is 15.0 Å². The van der Waals surface area contributed by atoms with Crippen LogP contribution in [0.5, 0.6) is 0 Å². The predicted molar refractivity (Wildman–Crippen MR) is 195 cm³/mol. The second kappa shape index (κ2) is 18.5. The van der Waals surface area contributed by atoms with E-state index in [9.17, 15) is 14.4 Å². The molecule has 2 saturated heterocycles. The minimum atomic E-state index is -0.449. The zero-order valence-electron chi connectivity index (χ0n) is 29.2. The molecule has 9 nitrogen and oxygen atoms in total. The summed E-state index contributed by atoms with van der Waals surface area (Å²) < 4.78 is 5.73. The number of likely N-dealkylation sites (tertiary alicyclic amines) is 1. The van der Waals surface area contributed by atoms with Gasteiger partial charge in [0.2, 0.25) is 11.8 Å². The number of para-hydroxylation sites is 1. The van der Waals surface area contributed by atoms with E-state index in [1.54, 1.807) is 5.01 Å². The van der Waals surface area contributed by atoms with Crippen LogP contribution in [0.1, 0.15) is 57.1 Å². The monoisotopic (exact) mass is 666 g/mol. The summed E-state index contributed by atoms with van der Waals surface area (Å²) in [5.41, 5.74) is 5.08. The summed E-state index contributed by atoms with van der Waals surface area (Å²) in [6.45, 7) is 10.1. The number of amides is 3. The van der Waals surface area contributed by atoms with Crippen LogP contribution in [-0.2, 0) is 27.3 Å². The lowest BCUT2D eigenvalue weighted by Gasteiger charge is -2.37. The highest BCUT2D eigenvalue weighted by Crippen LogP contribution is 2.33. The van der Waals surface area contributed by atoms with Crippen molar-refractivity contribution in [3.8, 4) is 11.1 Å². The van der Waals surface area contributed by atoms with Crippen molar-refractivity contribution in [3.63, 3.8) is 0 Å². The van der Waals surface area contributed by atoms with E-state index < -0.39 is 6.09 Å². The maximum Gasteiger partial charge on any atom is 0.429 e. The Labute approximate surface area is 292 Å². The first kappa shape index (κ1) is 36.1. The van der Waals surface area contributed by atoms with Gasteiger partial charge in [-0.25, -0.2) is 14.8 Å². The summed E-state index contributed by atoms with van der Waals surface area (Å²) in [5, 5.41) is 6.62. The van der Waals surface area contributed by atoms with Crippen LogP contribution >= 0.6 is 0 Å². The number of carbonyl (C=O) groups is 3. The van der Waals surface area contributed by atoms with Crippen LogP contribution in [0.2, 0.25) is 0 Å². The van der Waals surface area contributed by atoms with Gasteiger partial charge >= 0.3 is 6.09 Å². The molecule has 49 heavy (non-hydrogen) atoms. The van der Waals surface area contributed by atoms with Crippen molar-refractivity contribution in [2.24, 2.45) is 5.92 Å².